The number of hydrogen-bond donors (Lipinski definition) is 4. The molecule has 0 spiro atoms. The molecule has 0 aliphatic carbocycles. The molecule has 0 radical (unpaired) electrons. The van der Waals surface area contributed by atoms with E-state index in [1.54, 1.807) is 133 Å². The quantitative estimate of drug-likeness (QED) is 0.0841. The molecular formula is C52H40N2O9. The summed E-state index contributed by atoms with van der Waals surface area (Å²) in [7, 11) is 0. The summed E-state index contributed by atoms with van der Waals surface area (Å²) >= 11 is 0. The lowest BCUT2D eigenvalue weighted by molar-refractivity contribution is 0.210. The second-order valence-electron chi connectivity index (χ2n) is 14.1. The van der Waals surface area contributed by atoms with Crippen LogP contribution in [0.5, 0.6) is 46.0 Å². The number of para-hydroxylation sites is 4. The third-order valence-electron chi connectivity index (χ3n) is 9.61. The summed E-state index contributed by atoms with van der Waals surface area (Å²) in [6.07, 6.45) is -1.48. The molecule has 2 amide bonds. The number of amides is 2. The predicted octanol–water partition coefficient (Wildman–Crippen LogP) is 12.6. The van der Waals surface area contributed by atoms with Crippen molar-refractivity contribution in [2.75, 3.05) is 10.6 Å². The highest BCUT2D eigenvalue weighted by atomic mass is 16.6. The number of ether oxygens (including phenoxy) is 5. The van der Waals surface area contributed by atoms with E-state index in [1.165, 1.54) is 0 Å². The van der Waals surface area contributed by atoms with Gasteiger partial charge in [-0.25, -0.2) is 9.59 Å². The first-order valence-corrected chi connectivity index (χ1v) is 19.9. The third-order valence-corrected chi connectivity index (χ3v) is 9.61. The Morgan fingerprint density at radius 3 is 1.16 bits per heavy atom. The van der Waals surface area contributed by atoms with Gasteiger partial charge in [-0.15, -0.1) is 0 Å². The lowest BCUT2D eigenvalue weighted by atomic mass is 10.0. The number of aromatic hydroxyl groups is 2. The van der Waals surface area contributed by atoms with Crippen LogP contribution in [0.3, 0.4) is 0 Å². The zero-order chi connectivity index (χ0) is 43.4. The van der Waals surface area contributed by atoms with Crippen molar-refractivity contribution in [3.05, 3.63) is 205 Å². The topological polar surface area (TPSA) is 145 Å². The predicted molar refractivity (Wildman–Crippen MR) is 241 cm³/mol. The number of rotatable bonds is 14. The van der Waals surface area contributed by atoms with Crippen LogP contribution < -0.4 is 34.3 Å². The molecule has 0 heterocycles. The highest BCUT2D eigenvalue weighted by molar-refractivity contribution is 5.90. The molecule has 63 heavy (non-hydrogen) atoms. The minimum absolute atomic E-state index is 0.0756. The molecule has 8 aromatic rings. The number of carbonyl (C=O) groups excluding carboxylic acids is 2. The summed E-state index contributed by atoms with van der Waals surface area (Å²) in [5.41, 5.74) is 5.26. The van der Waals surface area contributed by atoms with E-state index < -0.39 is 12.2 Å². The molecule has 0 saturated carbocycles. The first kappa shape index (κ1) is 41.1. The van der Waals surface area contributed by atoms with Crippen molar-refractivity contribution >= 4 is 23.6 Å². The monoisotopic (exact) mass is 836 g/mol. The molecule has 0 saturated heterocycles. The van der Waals surface area contributed by atoms with Gasteiger partial charge in [-0.1, -0.05) is 109 Å². The van der Waals surface area contributed by atoms with Crippen molar-refractivity contribution < 1.29 is 43.5 Å². The van der Waals surface area contributed by atoms with Crippen molar-refractivity contribution in [3.63, 3.8) is 0 Å². The molecule has 11 heteroatoms. The van der Waals surface area contributed by atoms with Crippen LogP contribution in [0.2, 0.25) is 0 Å². The van der Waals surface area contributed by atoms with E-state index in [4.69, 9.17) is 23.7 Å². The number of phenols is 2. The normalized spacial score (nSPS) is 10.6. The third kappa shape index (κ3) is 10.9. The zero-order valence-corrected chi connectivity index (χ0v) is 33.6. The first-order chi connectivity index (χ1) is 30.8. The minimum atomic E-state index is -0.740. The van der Waals surface area contributed by atoms with E-state index in [0.29, 0.717) is 69.8 Å². The Morgan fingerprint density at radius 2 is 0.762 bits per heavy atom. The van der Waals surface area contributed by atoms with E-state index in [2.05, 4.69) is 10.6 Å². The lowest BCUT2D eigenvalue weighted by Crippen LogP contribution is -2.17. The van der Waals surface area contributed by atoms with Crippen LogP contribution >= 0.6 is 0 Å². The fraction of sp³-hybridized carbons (Fsp3) is 0.0385. The van der Waals surface area contributed by atoms with Gasteiger partial charge in [-0.2, -0.15) is 0 Å². The Morgan fingerprint density at radius 1 is 0.397 bits per heavy atom. The molecule has 11 nitrogen and oxygen atoms in total. The maximum atomic E-state index is 13.3. The van der Waals surface area contributed by atoms with Crippen LogP contribution in [0.1, 0.15) is 11.1 Å². The molecule has 0 aliphatic rings. The molecule has 0 bridgehead atoms. The maximum absolute atomic E-state index is 13.3. The maximum Gasteiger partial charge on any atom is 0.417 e. The fourth-order valence-electron chi connectivity index (χ4n) is 6.51. The van der Waals surface area contributed by atoms with Crippen LogP contribution in [-0.4, -0.2) is 22.4 Å². The van der Waals surface area contributed by atoms with Crippen molar-refractivity contribution in [3.8, 4) is 68.2 Å². The minimum Gasteiger partial charge on any atom is -0.508 e. The molecule has 0 unspecified atom stereocenters. The van der Waals surface area contributed by atoms with Crippen LogP contribution in [0.15, 0.2) is 194 Å². The average molecular weight is 837 g/mol. The van der Waals surface area contributed by atoms with E-state index in [-0.39, 0.29) is 23.0 Å². The summed E-state index contributed by atoms with van der Waals surface area (Å²) in [5, 5.41) is 25.8. The van der Waals surface area contributed by atoms with Gasteiger partial charge in [0.05, 0.1) is 0 Å². The van der Waals surface area contributed by atoms with Crippen molar-refractivity contribution in [2.45, 2.75) is 13.2 Å². The number of nitrogens with one attached hydrogen (secondary N) is 2. The Balaban J connectivity index is 1.02. The van der Waals surface area contributed by atoms with Gasteiger partial charge in [-0.05, 0) is 107 Å². The van der Waals surface area contributed by atoms with Crippen LogP contribution in [-0.2, 0) is 13.2 Å². The highest BCUT2D eigenvalue weighted by Crippen LogP contribution is 2.41. The molecule has 0 aromatic heterocycles. The molecule has 4 N–H and O–H groups in total. The van der Waals surface area contributed by atoms with Crippen molar-refractivity contribution in [1.29, 1.82) is 0 Å². The average Bonchev–Trinajstić information content (AvgIpc) is 3.30. The second kappa shape index (κ2) is 19.6. The lowest BCUT2D eigenvalue weighted by Gasteiger charge is -2.18. The van der Waals surface area contributed by atoms with Gasteiger partial charge >= 0.3 is 12.2 Å². The van der Waals surface area contributed by atoms with Gasteiger partial charge in [0.15, 0.2) is 23.0 Å². The highest BCUT2D eigenvalue weighted by Gasteiger charge is 2.18. The molecule has 312 valence electrons. The standard InChI is InChI=1S/C52H40N2O9/c55-41-25-19-37(20-26-41)43-31-39(53-51(57)62-49-17-9-7-15-47(49)59-33-35-11-3-1-4-12-35)23-29-45(43)61-46-30-24-40(32-44(46)38-21-27-42(56)28-22-38)54-52(58)63-50-18-10-8-16-48(50)60-34-36-13-5-2-6-14-36/h1-32,55-56H,33-34H2,(H,53,57)(H,54,58). The molecule has 8 rings (SSSR count). The van der Waals surface area contributed by atoms with Crippen LogP contribution in [0.25, 0.3) is 22.3 Å². The smallest absolute Gasteiger partial charge is 0.417 e. The summed E-state index contributed by atoms with van der Waals surface area (Å²) in [6.45, 7) is 0.586. The number of carbonyl (C=O) groups is 2. The van der Waals surface area contributed by atoms with Gasteiger partial charge in [0.1, 0.15) is 36.2 Å². The van der Waals surface area contributed by atoms with Gasteiger partial charge in [0, 0.05) is 22.5 Å². The SMILES string of the molecule is O=C(Nc1ccc(Oc2ccc(NC(=O)Oc3ccccc3OCc3ccccc3)cc2-c2ccc(O)cc2)c(-c2ccc(O)cc2)c1)Oc1ccccc1OCc1ccccc1. The molecule has 0 fully saturated rings. The van der Waals surface area contributed by atoms with Gasteiger partial charge in [0.2, 0.25) is 0 Å². The van der Waals surface area contributed by atoms with Crippen LogP contribution in [0.4, 0.5) is 21.0 Å². The first-order valence-electron chi connectivity index (χ1n) is 19.9. The van der Waals surface area contributed by atoms with E-state index in [9.17, 15) is 19.8 Å². The summed E-state index contributed by atoms with van der Waals surface area (Å²) in [4.78, 5) is 26.6. The molecule has 0 aliphatic heterocycles. The Kier molecular flexibility index (Phi) is 12.8. The Bertz CT molecular complexity index is 2620. The number of benzene rings is 8. The number of hydrogen-bond acceptors (Lipinski definition) is 9. The van der Waals surface area contributed by atoms with Gasteiger partial charge in [-0.3, -0.25) is 10.6 Å². The molecule has 0 atom stereocenters. The van der Waals surface area contributed by atoms with Crippen molar-refractivity contribution in [2.24, 2.45) is 0 Å². The van der Waals surface area contributed by atoms with Gasteiger partial charge in [0.25, 0.3) is 0 Å². The number of anilines is 2. The van der Waals surface area contributed by atoms with Crippen molar-refractivity contribution in [1.82, 2.24) is 0 Å². The van der Waals surface area contributed by atoms with E-state index >= 15 is 0 Å². The molecular weight excluding hydrogens is 797 g/mol. The summed E-state index contributed by atoms with van der Waals surface area (Å²) in [6, 6.07) is 56.5. The van der Waals surface area contributed by atoms with E-state index in [0.717, 1.165) is 11.1 Å². The Hall–Kier alpha value is -8.70. The zero-order valence-electron chi connectivity index (χ0n) is 33.6. The Labute approximate surface area is 363 Å². The van der Waals surface area contributed by atoms with Gasteiger partial charge < -0.3 is 33.9 Å². The molecule has 8 aromatic carbocycles. The number of phenolic OH excluding ortho intramolecular Hbond substituents is 2. The largest absolute Gasteiger partial charge is 0.508 e. The second-order valence-corrected chi connectivity index (χ2v) is 14.1. The summed E-state index contributed by atoms with van der Waals surface area (Å²) in [5.74, 6) is 2.27. The summed E-state index contributed by atoms with van der Waals surface area (Å²) < 4.78 is 30.0. The van der Waals surface area contributed by atoms with E-state index in [1.807, 2.05) is 60.7 Å². The van der Waals surface area contributed by atoms with Crippen LogP contribution in [0, 0.1) is 0 Å². The fourth-order valence-corrected chi connectivity index (χ4v) is 6.51.